The van der Waals surface area contributed by atoms with Gasteiger partial charge in [-0.1, -0.05) is 42.5 Å². The number of nitrogens with zero attached hydrogens (tertiary/aromatic N) is 3. The molecule has 2 N–H and O–H groups in total. The second-order valence-electron chi connectivity index (χ2n) is 8.00. The lowest BCUT2D eigenvalue weighted by molar-refractivity contribution is -0.552. The number of carbonyl (C=O) groups is 1. The molecular formula is C26H21N4O3+. The highest BCUT2D eigenvalue weighted by molar-refractivity contribution is 5.82. The Kier molecular flexibility index (Phi) is 5.36. The van der Waals surface area contributed by atoms with Gasteiger partial charge in [0.2, 0.25) is 0 Å². The van der Waals surface area contributed by atoms with Gasteiger partial charge in [-0.05, 0) is 52.7 Å². The van der Waals surface area contributed by atoms with E-state index in [9.17, 15) is 14.8 Å². The summed E-state index contributed by atoms with van der Waals surface area (Å²) in [5.74, 6) is 0.785. The number of anilines is 1. The molecule has 0 amide bonds. The zero-order valence-corrected chi connectivity index (χ0v) is 17.7. The Morgan fingerprint density at radius 2 is 1.67 bits per heavy atom. The number of nitrogens with one attached hydrogen (secondary N) is 1. The van der Waals surface area contributed by atoms with Crippen LogP contribution in [0.2, 0.25) is 0 Å². The lowest BCUT2D eigenvalue weighted by Gasteiger charge is -2.07. The quantitative estimate of drug-likeness (QED) is 0.344. The molecule has 2 heterocycles. The molecule has 33 heavy (non-hydrogen) atoms. The van der Waals surface area contributed by atoms with Crippen LogP contribution in [-0.2, 0) is 12.8 Å². The van der Waals surface area contributed by atoms with Gasteiger partial charge in [0.05, 0.1) is 0 Å². The molecule has 1 aliphatic rings. The van der Waals surface area contributed by atoms with Gasteiger partial charge < -0.3 is 5.11 Å². The highest BCUT2D eigenvalue weighted by Crippen LogP contribution is 2.26. The average Bonchev–Trinajstić information content (AvgIpc) is 3.16. The van der Waals surface area contributed by atoms with E-state index in [0.29, 0.717) is 30.0 Å². The third kappa shape index (κ3) is 4.21. The van der Waals surface area contributed by atoms with Gasteiger partial charge in [0, 0.05) is 18.4 Å². The van der Waals surface area contributed by atoms with E-state index < -0.39 is 6.04 Å². The van der Waals surface area contributed by atoms with E-state index in [2.05, 4.69) is 10.5 Å². The number of benzene rings is 3. The van der Waals surface area contributed by atoms with E-state index in [0.717, 1.165) is 22.4 Å². The summed E-state index contributed by atoms with van der Waals surface area (Å²) in [5, 5.41) is 15.9. The summed E-state index contributed by atoms with van der Waals surface area (Å²) < 4.78 is 1.64. The fraction of sp³-hybridized carbons (Fsp3) is 0.115. The molecule has 7 nitrogen and oxygen atoms in total. The number of rotatable bonds is 6. The van der Waals surface area contributed by atoms with Crippen LogP contribution in [0, 0.1) is 4.91 Å². The Hall–Kier alpha value is -4.39. The van der Waals surface area contributed by atoms with Gasteiger partial charge >= 0.3 is 11.7 Å². The van der Waals surface area contributed by atoms with Crippen LogP contribution in [0.5, 0.6) is 5.75 Å². The number of fused-ring (bicyclic) bond motifs is 1. The smallest absolute Gasteiger partial charge is 0.359 e. The first-order valence-corrected chi connectivity index (χ1v) is 10.6. The first kappa shape index (κ1) is 20.5. The summed E-state index contributed by atoms with van der Waals surface area (Å²) >= 11 is 0. The number of aromatic hydroxyl groups is 1. The summed E-state index contributed by atoms with van der Waals surface area (Å²) in [6.45, 7) is 0. The van der Waals surface area contributed by atoms with Gasteiger partial charge in [0.15, 0.2) is 6.04 Å². The summed E-state index contributed by atoms with van der Waals surface area (Å²) in [7, 11) is 0. The third-order valence-electron chi connectivity index (χ3n) is 5.73. The molecule has 0 spiro atoms. The minimum absolute atomic E-state index is 0.0701. The van der Waals surface area contributed by atoms with Crippen molar-refractivity contribution in [2.45, 2.75) is 18.9 Å². The summed E-state index contributed by atoms with van der Waals surface area (Å²) in [6.07, 6.45) is 2.78. The molecule has 7 heteroatoms. The monoisotopic (exact) mass is 437 g/mol. The third-order valence-corrected chi connectivity index (χ3v) is 5.73. The topological polar surface area (TPSA) is 95.5 Å². The van der Waals surface area contributed by atoms with Crippen LogP contribution in [0.3, 0.4) is 0 Å². The maximum Gasteiger partial charge on any atom is 0.359 e. The average molecular weight is 437 g/mol. The summed E-state index contributed by atoms with van der Waals surface area (Å²) in [5.41, 5.74) is 4.61. The van der Waals surface area contributed by atoms with Crippen LogP contribution in [0.1, 0.15) is 21.6 Å². The fourth-order valence-electron chi connectivity index (χ4n) is 4.03. The predicted molar refractivity (Wildman–Crippen MR) is 124 cm³/mol. The maximum atomic E-state index is 13.3. The van der Waals surface area contributed by atoms with E-state index in [4.69, 9.17) is 4.98 Å². The predicted octanol–water partition coefficient (Wildman–Crippen LogP) is 4.41. The molecule has 0 saturated carbocycles. The normalized spacial score (nSPS) is 14.5. The Morgan fingerprint density at radius 1 is 0.939 bits per heavy atom. The maximum absolute atomic E-state index is 13.3. The molecule has 0 radical (unpaired) electrons. The lowest BCUT2D eigenvalue weighted by Crippen LogP contribution is -2.44. The van der Waals surface area contributed by atoms with Crippen molar-refractivity contribution in [2.24, 2.45) is 5.18 Å². The highest BCUT2D eigenvalue weighted by atomic mass is 16.3. The molecule has 0 bridgehead atoms. The Morgan fingerprint density at radius 3 is 2.36 bits per heavy atom. The molecule has 5 rings (SSSR count). The fourth-order valence-corrected chi connectivity index (χ4v) is 4.03. The van der Waals surface area contributed by atoms with Crippen molar-refractivity contribution in [2.75, 3.05) is 5.32 Å². The summed E-state index contributed by atoms with van der Waals surface area (Å²) in [6, 6.07) is 23.2. The van der Waals surface area contributed by atoms with Gasteiger partial charge in [0.1, 0.15) is 29.0 Å². The van der Waals surface area contributed by atoms with Crippen molar-refractivity contribution >= 4 is 17.4 Å². The molecule has 0 saturated heterocycles. The van der Waals surface area contributed by atoms with Gasteiger partial charge in [-0.2, -0.15) is 4.57 Å². The molecule has 162 valence electrons. The number of hydrogen-bond donors (Lipinski definition) is 2. The molecular weight excluding hydrogens is 416 g/mol. The van der Waals surface area contributed by atoms with E-state index in [1.165, 1.54) is 0 Å². The Bertz CT molecular complexity index is 1320. The first-order chi connectivity index (χ1) is 16.1. The van der Waals surface area contributed by atoms with Crippen molar-refractivity contribution in [1.29, 1.82) is 0 Å². The molecule has 1 atom stereocenters. The molecule has 1 aliphatic heterocycles. The Balaban J connectivity index is 1.52. The van der Waals surface area contributed by atoms with Gasteiger partial charge in [0.25, 0.3) is 0 Å². The van der Waals surface area contributed by atoms with Gasteiger partial charge in [-0.3, -0.25) is 5.32 Å². The van der Waals surface area contributed by atoms with Crippen molar-refractivity contribution in [3.05, 3.63) is 107 Å². The second-order valence-corrected chi connectivity index (χ2v) is 8.00. The number of carbonyl (C=O) groups excluding carboxylic acids is 1. The van der Waals surface area contributed by atoms with E-state index in [1.54, 1.807) is 47.2 Å². The molecule has 4 aromatic rings. The minimum Gasteiger partial charge on any atom is -0.508 e. The number of phenols is 1. The number of phenolic OH excluding ortho intramolecular Hbond substituents is 1. The minimum atomic E-state index is -0.452. The first-order valence-electron chi connectivity index (χ1n) is 10.6. The molecule has 0 fully saturated rings. The van der Waals surface area contributed by atoms with E-state index >= 15 is 0 Å². The van der Waals surface area contributed by atoms with E-state index in [-0.39, 0.29) is 11.7 Å². The molecule has 1 aromatic heterocycles. The van der Waals surface area contributed by atoms with Crippen LogP contribution in [0.25, 0.3) is 11.3 Å². The van der Waals surface area contributed by atoms with Crippen molar-refractivity contribution in [3.8, 4) is 17.0 Å². The van der Waals surface area contributed by atoms with Crippen LogP contribution >= 0.6 is 0 Å². The number of nitroso groups, excluding NO2 is 1. The van der Waals surface area contributed by atoms with Crippen molar-refractivity contribution < 1.29 is 14.5 Å². The highest BCUT2D eigenvalue weighted by Gasteiger charge is 2.41. The summed E-state index contributed by atoms with van der Waals surface area (Å²) in [4.78, 5) is 28.9. The molecule has 0 aliphatic carbocycles. The largest absolute Gasteiger partial charge is 0.508 e. The zero-order chi connectivity index (χ0) is 22.8. The standard InChI is InChI=1S/C26H20N4O3/c31-21-12-8-19(9-13-21)24-16-30-25(22(27-24)14-17-4-2-1-3-5-17)28-23(26(30)32)15-18-6-10-20(29-33)11-7-18/h1-13,16,23,31H,14-15H2/p+1. The zero-order valence-electron chi connectivity index (χ0n) is 17.7. The van der Waals surface area contributed by atoms with Crippen LogP contribution in [0.4, 0.5) is 11.5 Å². The SMILES string of the molecule is O=Nc1ccc(CC2Nc3c(Cc4ccccc4)nc(-c4ccc(O)cc4)c[n+]3C2=O)cc1. The number of aromatic nitrogens is 2. The Labute approximate surface area is 190 Å². The van der Waals surface area contributed by atoms with Gasteiger partial charge in [-0.25, -0.2) is 9.78 Å². The van der Waals surface area contributed by atoms with Gasteiger partial charge in [-0.15, -0.1) is 4.91 Å². The van der Waals surface area contributed by atoms with E-state index in [1.807, 2.05) is 42.5 Å². The van der Waals surface area contributed by atoms with Crippen LogP contribution < -0.4 is 9.88 Å². The second kappa shape index (κ2) is 8.63. The lowest BCUT2D eigenvalue weighted by atomic mass is 10.1. The van der Waals surface area contributed by atoms with Crippen molar-refractivity contribution in [1.82, 2.24) is 4.98 Å². The van der Waals surface area contributed by atoms with Crippen molar-refractivity contribution in [3.63, 3.8) is 0 Å². The molecule has 3 aromatic carbocycles. The van der Waals surface area contributed by atoms with Crippen LogP contribution in [0.15, 0.2) is 90.2 Å². The molecule has 1 unspecified atom stereocenters. The number of hydrogen-bond acceptors (Lipinski definition) is 6. The van der Waals surface area contributed by atoms with Crippen LogP contribution in [-0.4, -0.2) is 22.0 Å².